The van der Waals surface area contributed by atoms with Crippen LogP contribution >= 0.6 is 0 Å². The first-order valence-corrected chi connectivity index (χ1v) is 12.7. The van der Waals surface area contributed by atoms with Gasteiger partial charge < -0.3 is 14.2 Å². The van der Waals surface area contributed by atoms with Crippen molar-refractivity contribution >= 4 is 11.9 Å². The van der Waals surface area contributed by atoms with Crippen LogP contribution in [0.4, 0.5) is 0 Å². The number of esters is 2. The zero-order chi connectivity index (χ0) is 24.4. The number of hydrogen-bond acceptors (Lipinski definition) is 5. The Labute approximate surface area is 203 Å². The van der Waals surface area contributed by atoms with Gasteiger partial charge in [0, 0.05) is 5.41 Å². The van der Waals surface area contributed by atoms with E-state index in [0.717, 1.165) is 32.1 Å². The smallest absolute Gasteiger partial charge is 0.315 e. The molecule has 1 saturated heterocycles. The summed E-state index contributed by atoms with van der Waals surface area (Å²) in [5, 5.41) is 0. The molecule has 184 valence electrons. The van der Waals surface area contributed by atoms with E-state index < -0.39 is 5.41 Å². The molecule has 0 amide bonds. The van der Waals surface area contributed by atoms with Crippen LogP contribution in [0.15, 0.2) is 36.4 Å². The molecular formula is C29H38O5. The Balaban J connectivity index is 1.49. The summed E-state index contributed by atoms with van der Waals surface area (Å²) in [6.45, 7) is 9.86. The molecule has 1 aliphatic heterocycles. The maximum absolute atomic E-state index is 13.6. The Bertz CT molecular complexity index is 1010. The van der Waals surface area contributed by atoms with Crippen molar-refractivity contribution in [2.75, 3.05) is 13.7 Å². The van der Waals surface area contributed by atoms with Crippen molar-refractivity contribution in [3.05, 3.63) is 36.4 Å². The van der Waals surface area contributed by atoms with Crippen molar-refractivity contribution < 1.29 is 23.8 Å². The van der Waals surface area contributed by atoms with E-state index in [0.29, 0.717) is 36.4 Å². The van der Waals surface area contributed by atoms with E-state index in [4.69, 9.17) is 14.2 Å². The Hall–Kier alpha value is -2.30. The second kappa shape index (κ2) is 7.86. The quantitative estimate of drug-likeness (QED) is 0.312. The topological polar surface area (TPSA) is 61.8 Å². The fraction of sp³-hybridized carbons (Fsp3) is 0.655. The number of rotatable bonds is 3. The van der Waals surface area contributed by atoms with Crippen molar-refractivity contribution in [3.8, 4) is 11.5 Å². The predicted molar refractivity (Wildman–Crippen MR) is 129 cm³/mol. The molecular weight excluding hydrogens is 428 g/mol. The first kappa shape index (κ1) is 23.4. The summed E-state index contributed by atoms with van der Waals surface area (Å²) in [6.07, 6.45) is 9.97. The highest BCUT2D eigenvalue weighted by atomic mass is 16.5. The van der Waals surface area contributed by atoms with Crippen LogP contribution in [0.2, 0.25) is 0 Å². The van der Waals surface area contributed by atoms with Crippen molar-refractivity contribution in [2.45, 2.75) is 66.2 Å². The summed E-state index contributed by atoms with van der Waals surface area (Å²) < 4.78 is 16.8. The van der Waals surface area contributed by atoms with E-state index in [1.807, 2.05) is 0 Å². The van der Waals surface area contributed by atoms with Gasteiger partial charge in [-0.1, -0.05) is 39.8 Å². The third-order valence-electron chi connectivity index (χ3n) is 10.4. The molecule has 1 spiro atoms. The molecule has 0 N–H and O–H groups in total. The van der Waals surface area contributed by atoms with E-state index in [1.54, 1.807) is 31.4 Å². The lowest BCUT2D eigenvalue weighted by Gasteiger charge is -2.67. The maximum Gasteiger partial charge on any atom is 0.315 e. The normalized spacial score (nSPS) is 40.3. The van der Waals surface area contributed by atoms with Crippen LogP contribution in [-0.2, 0) is 14.3 Å². The molecule has 1 aromatic rings. The minimum absolute atomic E-state index is 0.148. The highest BCUT2D eigenvalue weighted by Crippen LogP contribution is 2.72. The van der Waals surface area contributed by atoms with Crippen LogP contribution in [0, 0.1) is 39.4 Å². The number of ether oxygens (including phenoxy) is 3. The summed E-state index contributed by atoms with van der Waals surface area (Å²) in [4.78, 5) is 26.2. The van der Waals surface area contributed by atoms with Crippen molar-refractivity contribution in [1.29, 1.82) is 0 Å². The van der Waals surface area contributed by atoms with Crippen LogP contribution < -0.4 is 9.47 Å². The average molecular weight is 467 g/mol. The molecule has 34 heavy (non-hydrogen) atoms. The third-order valence-corrected chi connectivity index (χ3v) is 10.4. The van der Waals surface area contributed by atoms with Gasteiger partial charge >= 0.3 is 11.9 Å². The maximum atomic E-state index is 13.6. The summed E-state index contributed by atoms with van der Waals surface area (Å²) in [6, 6.07) is 7.10. The van der Waals surface area contributed by atoms with Crippen LogP contribution in [0.1, 0.15) is 66.2 Å². The summed E-state index contributed by atoms with van der Waals surface area (Å²) >= 11 is 0. The monoisotopic (exact) mass is 466 g/mol. The van der Waals surface area contributed by atoms with E-state index >= 15 is 0 Å². The van der Waals surface area contributed by atoms with E-state index in [1.165, 1.54) is 0 Å². The second-order valence-electron chi connectivity index (χ2n) is 12.2. The Morgan fingerprint density at radius 3 is 2.35 bits per heavy atom. The molecule has 5 heteroatoms. The number of benzene rings is 1. The van der Waals surface area contributed by atoms with Crippen molar-refractivity contribution in [3.63, 3.8) is 0 Å². The lowest BCUT2D eigenvalue weighted by Crippen LogP contribution is -2.64. The molecule has 5 rings (SSSR count). The standard InChI is InChI=1S/C29H38O5/c1-26(2)14-6-15-27(3)22(26)13-16-28(4)23(27)12-11-21(29(28)17-24(30)33-18-29)25(31)34-20-9-7-19(32-5)8-10-20/h6-10,14,21-23H,11-13,15-18H2,1-5H3/t21-,22+,23-,27+,28-,29+/m1/s1. The van der Waals surface area contributed by atoms with Gasteiger partial charge in [0.05, 0.1) is 26.1 Å². The summed E-state index contributed by atoms with van der Waals surface area (Å²) in [5.41, 5.74) is -0.369. The van der Waals surface area contributed by atoms with Crippen molar-refractivity contribution in [1.82, 2.24) is 0 Å². The summed E-state index contributed by atoms with van der Waals surface area (Å²) in [5.74, 6) is 1.49. The molecule has 0 aromatic heterocycles. The molecule has 3 aliphatic carbocycles. The molecule has 0 radical (unpaired) electrons. The number of carbonyl (C=O) groups excluding carboxylic acids is 2. The zero-order valence-corrected chi connectivity index (χ0v) is 21.2. The van der Waals surface area contributed by atoms with Crippen LogP contribution in [0.25, 0.3) is 0 Å². The van der Waals surface area contributed by atoms with Gasteiger partial charge in [0.1, 0.15) is 11.5 Å². The highest BCUT2D eigenvalue weighted by Gasteiger charge is 2.70. The molecule has 0 bridgehead atoms. The minimum Gasteiger partial charge on any atom is -0.497 e. The summed E-state index contributed by atoms with van der Waals surface area (Å²) in [7, 11) is 1.61. The van der Waals surface area contributed by atoms with Gasteiger partial charge in [-0.25, -0.2) is 0 Å². The van der Waals surface area contributed by atoms with E-state index in [2.05, 4.69) is 39.8 Å². The van der Waals surface area contributed by atoms with Crippen LogP contribution in [0.3, 0.4) is 0 Å². The third kappa shape index (κ3) is 3.25. The number of allylic oxidation sites excluding steroid dienone is 2. The number of carbonyl (C=O) groups is 2. The molecule has 6 atom stereocenters. The molecule has 2 saturated carbocycles. The fourth-order valence-electron chi connectivity index (χ4n) is 8.74. The van der Waals surface area contributed by atoms with Crippen molar-refractivity contribution in [2.24, 2.45) is 39.4 Å². The number of hydrogen-bond donors (Lipinski definition) is 0. The average Bonchev–Trinajstić information content (AvgIpc) is 3.17. The fourth-order valence-corrected chi connectivity index (χ4v) is 8.74. The largest absolute Gasteiger partial charge is 0.497 e. The first-order valence-electron chi connectivity index (χ1n) is 12.7. The second-order valence-corrected chi connectivity index (χ2v) is 12.2. The molecule has 1 aromatic carbocycles. The lowest BCUT2D eigenvalue weighted by molar-refractivity contribution is -0.203. The Morgan fingerprint density at radius 2 is 1.71 bits per heavy atom. The molecule has 4 aliphatic rings. The number of methoxy groups -OCH3 is 1. The molecule has 5 nitrogen and oxygen atoms in total. The Kier molecular flexibility index (Phi) is 5.42. The van der Waals surface area contributed by atoms with E-state index in [9.17, 15) is 9.59 Å². The molecule has 1 heterocycles. The first-order chi connectivity index (χ1) is 16.1. The number of cyclic esters (lactones) is 1. The van der Waals surface area contributed by atoms with Crippen LogP contribution in [0.5, 0.6) is 11.5 Å². The van der Waals surface area contributed by atoms with Gasteiger partial charge in [0.25, 0.3) is 0 Å². The molecule has 0 unspecified atom stereocenters. The predicted octanol–water partition coefficient (Wildman–Crippen LogP) is 5.97. The van der Waals surface area contributed by atoms with Gasteiger partial charge in [-0.15, -0.1) is 0 Å². The zero-order valence-electron chi connectivity index (χ0n) is 21.2. The van der Waals surface area contributed by atoms with E-state index in [-0.39, 0.29) is 34.1 Å². The van der Waals surface area contributed by atoms with Gasteiger partial charge in [0.15, 0.2) is 0 Å². The highest BCUT2D eigenvalue weighted by molar-refractivity contribution is 5.80. The molecule has 3 fully saturated rings. The Morgan fingerprint density at radius 1 is 1.00 bits per heavy atom. The minimum atomic E-state index is -0.518. The van der Waals surface area contributed by atoms with Crippen LogP contribution in [-0.4, -0.2) is 25.7 Å². The number of fused-ring (bicyclic) bond motifs is 4. The van der Waals surface area contributed by atoms with Gasteiger partial charge in [-0.2, -0.15) is 0 Å². The lowest BCUT2D eigenvalue weighted by atomic mass is 9.36. The van der Waals surface area contributed by atoms with Gasteiger partial charge in [0.2, 0.25) is 0 Å². The van der Waals surface area contributed by atoms with Gasteiger partial charge in [-0.05, 0) is 84.5 Å². The van der Waals surface area contributed by atoms with Gasteiger partial charge in [-0.3, -0.25) is 9.59 Å². The SMILES string of the molecule is COc1ccc(OC(=O)[C@H]2CC[C@@H]3[C@@]4(C)CC=CC(C)(C)[C@@H]4CC[C@@]3(C)[C@@]23COC(=O)C3)cc1.